The van der Waals surface area contributed by atoms with E-state index in [1.165, 1.54) is 18.2 Å². The van der Waals surface area contributed by atoms with Crippen LogP contribution < -0.4 is 16.0 Å². The van der Waals surface area contributed by atoms with Crippen LogP contribution in [0.3, 0.4) is 0 Å². The first kappa shape index (κ1) is 15.4. The smallest absolute Gasteiger partial charge is 0.295 e. The number of nitro groups is 1. The summed E-state index contributed by atoms with van der Waals surface area (Å²) >= 11 is 4.95. The number of hydrogen-bond donors (Lipinski definition) is 3. The maximum atomic E-state index is 12.0. The number of nitrogens with zero attached hydrogens (tertiary/aromatic N) is 2. The molecule has 4 N–H and O–H groups in total. The number of nitro benzene ring substituents is 1. The molecule has 10 heteroatoms. The second kappa shape index (κ2) is 5.64. The lowest BCUT2D eigenvalue weighted by atomic mass is 9.87. The fraction of sp³-hybridized carbons (Fsp3) is 0.0714. The number of aromatic nitrogens is 2. The first-order valence-corrected chi connectivity index (χ1v) is 7.01. The number of nitriles is 1. The van der Waals surface area contributed by atoms with Crippen LogP contribution >= 0.6 is 12.2 Å². The Morgan fingerprint density at radius 2 is 2.17 bits per heavy atom. The van der Waals surface area contributed by atoms with Crippen molar-refractivity contribution in [2.45, 2.75) is 5.92 Å². The molecule has 1 atom stereocenters. The van der Waals surface area contributed by atoms with Gasteiger partial charge in [-0.25, -0.2) is 0 Å². The molecule has 0 fully saturated rings. The Bertz CT molecular complexity index is 1050. The van der Waals surface area contributed by atoms with Gasteiger partial charge in [-0.15, -0.1) is 0 Å². The Labute approximate surface area is 139 Å². The highest BCUT2D eigenvalue weighted by Gasteiger charge is 2.33. The summed E-state index contributed by atoms with van der Waals surface area (Å²) in [6.45, 7) is 0. The number of nitrogens with two attached hydrogens (primary N) is 1. The molecule has 24 heavy (non-hydrogen) atoms. The fourth-order valence-corrected chi connectivity index (χ4v) is 2.72. The predicted octanol–water partition coefficient (Wildman–Crippen LogP) is 1.56. The van der Waals surface area contributed by atoms with Gasteiger partial charge in [-0.3, -0.25) is 19.9 Å². The van der Waals surface area contributed by atoms with Crippen LogP contribution in [0.4, 0.5) is 5.69 Å². The third-order valence-electron chi connectivity index (χ3n) is 3.52. The summed E-state index contributed by atoms with van der Waals surface area (Å²) in [6.07, 6.45) is 0. The maximum absolute atomic E-state index is 12.0. The van der Waals surface area contributed by atoms with Crippen LogP contribution in [0, 0.1) is 26.2 Å². The Kier molecular flexibility index (Phi) is 3.63. The highest BCUT2D eigenvalue weighted by atomic mass is 32.1. The number of ether oxygens (including phenoxy) is 1. The van der Waals surface area contributed by atoms with E-state index in [0.717, 1.165) is 0 Å². The van der Waals surface area contributed by atoms with Crippen LogP contribution in [0.1, 0.15) is 17.2 Å². The maximum Gasteiger partial charge on any atom is 0.295 e. The number of nitrogens with one attached hydrogen (secondary N) is 2. The molecule has 3 rings (SSSR count). The Hall–Kier alpha value is -3.45. The van der Waals surface area contributed by atoms with Crippen molar-refractivity contribution >= 4 is 17.9 Å². The number of benzene rings is 1. The van der Waals surface area contributed by atoms with Gasteiger partial charge in [0.15, 0.2) is 4.77 Å². The highest BCUT2D eigenvalue weighted by Crippen LogP contribution is 2.39. The third-order valence-corrected chi connectivity index (χ3v) is 3.72. The molecular weight excluding hydrogens is 334 g/mol. The predicted molar refractivity (Wildman–Crippen MR) is 84.6 cm³/mol. The molecule has 2 aromatic rings. The second-order valence-electron chi connectivity index (χ2n) is 4.93. The van der Waals surface area contributed by atoms with Crippen molar-refractivity contribution in [3.8, 4) is 11.8 Å². The van der Waals surface area contributed by atoms with Gasteiger partial charge in [0, 0.05) is 12.1 Å². The molecule has 1 aliphatic heterocycles. The number of fused-ring (bicyclic) bond motifs is 1. The van der Waals surface area contributed by atoms with Crippen LogP contribution in [0.25, 0.3) is 0 Å². The van der Waals surface area contributed by atoms with Crippen molar-refractivity contribution in [1.82, 2.24) is 9.97 Å². The molecule has 0 unspecified atom stereocenters. The van der Waals surface area contributed by atoms with Crippen molar-refractivity contribution in [3.05, 3.63) is 72.2 Å². The first-order valence-electron chi connectivity index (χ1n) is 6.60. The monoisotopic (exact) mass is 343 g/mol. The molecule has 0 amide bonds. The number of rotatable bonds is 2. The van der Waals surface area contributed by atoms with E-state index in [1.54, 1.807) is 6.07 Å². The largest absolute Gasteiger partial charge is 0.433 e. The van der Waals surface area contributed by atoms with Crippen molar-refractivity contribution in [1.29, 1.82) is 5.26 Å². The minimum absolute atomic E-state index is 0.0271. The van der Waals surface area contributed by atoms with Crippen LogP contribution in [-0.4, -0.2) is 14.9 Å². The average Bonchev–Trinajstić information content (AvgIpc) is 2.54. The zero-order chi connectivity index (χ0) is 17.4. The number of allylic oxidation sites excluding steroid dienone is 1. The summed E-state index contributed by atoms with van der Waals surface area (Å²) in [5.41, 5.74) is 5.64. The third kappa shape index (κ3) is 2.42. The van der Waals surface area contributed by atoms with Gasteiger partial charge in [0.2, 0.25) is 11.6 Å². The molecule has 1 aromatic heterocycles. The van der Waals surface area contributed by atoms with Crippen molar-refractivity contribution in [3.63, 3.8) is 0 Å². The minimum Gasteiger partial charge on any atom is -0.433 e. The van der Waals surface area contributed by atoms with Gasteiger partial charge in [-0.1, -0.05) is 12.1 Å². The molecule has 0 spiro atoms. The van der Waals surface area contributed by atoms with Crippen LogP contribution in [0.2, 0.25) is 0 Å². The summed E-state index contributed by atoms with van der Waals surface area (Å²) in [7, 11) is 0. The number of hydrogen-bond acceptors (Lipinski definition) is 7. The standard InChI is InChI=1S/C14H9N5O4S/c15-5-8-9(6-2-1-3-7(4-6)19(21)22)10-11(23-12(8)16)13(20)18-14(24)17-10/h1-4,9H,16H2,(H2,17,18,20,24)/t9-/m0/s1. The van der Waals surface area contributed by atoms with Gasteiger partial charge in [-0.05, 0) is 17.8 Å². The van der Waals surface area contributed by atoms with E-state index in [1.807, 2.05) is 6.07 Å². The number of aromatic amines is 2. The molecule has 0 saturated carbocycles. The minimum atomic E-state index is -0.831. The van der Waals surface area contributed by atoms with E-state index in [-0.39, 0.29) is 33.4 Å². The van der Waals surface area contributed by atoms with E-state index in [0.29, 0.717) is 5.56 Å². The molecule has 0 aliphatic carbocycles. The lowest BCUT2D eigenvalue weighted by Crippen LogP contribution is -2.27. The molecule has 0 radical (unpaired) electrons. The SMILES string of the molecule is N#CC1=C(N)Oc2c([nH]c(=S)[nH]c2=O)[C@H]1c1cccc([N+](=O)[O-])c1. The lowest BCUT2D eigenvalue weighted by Gasteiger charge is -2.25. The van der Waals surface area contributed by atoms with Gasteiger partial charge in [0.1, 0.15) is 11.6 Å². The van der Waals surface area contributed by atoms with Gasteiger partial charge < -0.3 is 15.5 Å². The van der Waals surface area contributed by atoms with Gasteiger partial charge in [0.25, 0.3) is 11.2 Å². The fourth-order valence-electron chi connectivity index (χ4n) is 2.52. The summed E-state index contributed by atoms with van der Waals surface area (Å²) < 4.78 is 5.27. The molecule has 2 heterocycles. The van der Waals surface area contributed by atoms with Crippen LogP contribution in [0.15, 0.2) is 40.5 Å². The molecular formula is C14H9N5O4S. The van der Waals surface area contributed by atoms with E-state index < -0.39 is 16.4 Å². The van der Waals surface area contributed by atoms with Crippen molar-refractivity contribution < 1.29 is 9.66 Å². The Morgan fingerprint density at radius 1 is 1.42 bits per heavy atom. The molecule has 0 bridgehead atoms. The van der Waals surface area contributed by atoms with E-state index >= 15 is 0 Å². The Balaban J connectivity index is 2.32. The normalized spacial score (nSPS) is 16.0. The lowest BCUT2D eigenvalue weighted by molar-refractivity contribution is -0.384. The quantitative estimate of drug-likeness (QED) is 0.425. The number of non-ortho nitro benzene ring substituents is 1. The topological polar surface area (TPSA) is 151 Å². The van der Waals surface area contributed by atoms with E-state index in [4.69, 9.17) is 22.7 Å². The molecule has 120 valence electrons. The van der Waals surface area contributed by atoms with E-state index in [9.17, 15) is 20.2 Å². The summed E-state index contributed by atoms with van der Waals surface area (Å²) in [5, 5.41) is 20.4. The summed E-state index contributed by atoms with van der Waals surface area (Å²) in [4.78, 5) is 27.6. The zero-order valence-electron chi connectivity index (χ0n) is 11.9. The Morgan fingerprint density at radius 3 is 2.83 bits per heavy atom. The summed E-state index contributed by atoms with van der Waals surface area (Å²) in [5.74, 6) is -1.20. The van der Waals surface area contributed by atoms with E-state index in [2.05, 4.69) is 9.97 Å². The molecule has 9 nitrogen and oxygen atoms in total. The first-order chi connectivity index (χ1) is 11.4. The molecule has 1 aliphatic rings. The van der Waals surface area contributed by atoms with Gasteiger partial charge in [0.05, 0.1) is 16.5 Å². The average molecular weight is 343 g/mol. The zero-order valence-corrected chi connectivity index (χ0v) is 12.7. The van der Waals surface area contributed by atoms with Crippen molar-refractivity contribution in [2.24, 2.45) is 5.73 Å². The van der Waals surface area contributed by atoms with Gasteiger partial charge in [-0.2, -0.15) is 5.26 Å². The molecule has 1 aromatic carbocycles. The van der Waals surface area contributed by atoms with Crippen LogP contribution in [0.5, 0.6) is 5.75 Å². The van der Waals surface area contributed by atoms with Crippen LogP contribution in [-0.2, 0) is 0 Å². The van der Waals surface area contributed by atoms with Crippen molar-refractivity contribution in [2.75, 3.05) is 0 Å². The number of H-pyrrole nitrogens is 2. The summed E-state index contributed by atoms with van der Waals surface area (Å²) in [6, 6.07) is 7.63. The van der Waals surface area contributed by atoms with Gasteiger partial charge >= 0.3 is 0 Å². The second-order valence-corrected chi connectivity index (χ2v) is 5.34. The highest BCUT2D eigenvalue weighted by molar-refractivity contribution is 7.71. The molecule has 0 saturated heterocycles.